The summed E-state index contributed by atoms with van der Waals surface area (Å²) < 4.78 is 37.4. The van der Waals surface area contributed by atoms with Crippen LogP contribution in [0.15, 0.2) is 18.2 Å². The van der Waals surface area contributed by atoms with Gasteiger partial charge in [-0.2, -0.15) is 13.2 Å². The monoisotopic (exact) mass is 238 g/mol. The van der Waals surface area contributed by atoms with Gasteiger partial charge in [0.15, 0.2) is 0 Å². The zero-order valence-corrected chi connectivity index (χ0v) is 8.95. The van der Waals surface area contributed by atoms with Crippen molar-refractivity contribution in [1.29, 1.82) is 0 Å². The normalized spacial score (nSPS) is 13.0. The van der Waals surface area contributed by atoms with Crippen molar-refractivity contribution in [3.05, 3.63) is 34.3 Å². The molecule has 0 saturated carbocycles. The van der Waals surface area contributed by atoms with Gasteiger partial charge in [0.25, 0.3) is 0 Å². The third-order valence-corrected chi connectivity index (χ3v) is 2.31. The van der Waals surface area contributed by atoms with E-state index in [4.69, 9.17) is 11.6 Å². The molecule has 0 amide bonds. The van der Waals surface area contributed by atoms with E-state index in [2.05, 4.69) is 0 Å². The fraction of sp³-hybridized carbons (Fsp3) is 0.400. The molecule has 0 heterocycles. The molecule has 0 aliphatic heterocycles. The van der Waals surface area contributed by atoms with Gasteiger partial charge < -0.3 is 5.11 Å². The molecule has 1 aromatic rings. The second kappa shape index (κ2) is 3.68. The molecular weight excluding hydrogens is 229 g/mol. The van der Waals surface area contributed by atoms with Crippen molar-refractivity contribution in [2.24, 2.45) is 0 Å². The van der Waals surface area contributed by atoms with E-state index in [1.807, 2.05) is 0 Å². The van der Waals surface area contributed by atoms with E-state index in [9.17, 15) is 18.3 Å². The second-order valence-corrected chi connectivity index (χ2v) is 4.16. The predicted molar refractivity (Wildman–Crippen MR) is 51.7 cm³/mol. The summed E-state index contributed by atoms with van der Waals surface area (Å²) in [6.07, 6.45) is -4.50. The Kier molecular flexibility index (Phi) is 3.03. The minimum atomic E-state index is -4.50. The predicted octanol–water partition coefficient (Wildman–Crippen LogP) is 3.59. The Labute approximate surface area is 90.5 Å². The van der Waals surface area contributed by atoms with Gasteiger partial charge in [-0.1, -0.05) is 17.7 Å². The molecule has 0 aromatic heterocycles. The van der Waals surface area contributed by atoms with Crippen molar-refractivity contribution in [3.8, 4) is 0 Å². The number of alkyl halides is 3. The molecule has 5 heteroatoms. The van der Waals surface area contributed by atoms with Crippen LogP contribution in [-0.2, 0) is 11.8 Å². The Hall–Kier alpha value is -0.740. The first kappa shape index (κ1) is 12.3. The number of halogens is 4. The summed E-state index contributed by atoms with van der Waals surface area (Å²) in [5.74, 6) is 0. The van der Waals surface area contributed by atoms with Crippen molar-refractivity contribution < 1.29 is 18.3 Å². The average molecular weight is 239 g/mol. The number of hydrogen-bond donors (Lipinski definition) is 1. The van der Waals surface area contributed by atoms with E-state index in [-0.39, 0.29) is 10.6 Å². The van der Waals surface area contributed by atoms with Gasteiger partial charge in [-0.15, -0.1) is 0 Å². The molecule has 1 nitrogen and oxygen atoms in total. The lowest BCUT2D eigenvalue weighted by Gasteiger charge is -2.19. The Morgan fingerprint density at radius 2 is 1.73 bits per heavy atom. The van der Waals surface area contributed by atoms with Crippen LogP contribution in [0.4, 0.5) is 13.2 Å². The quantitative estimate of drug-likeness (QED) is 0.793. The highest BCUT2D eigenvalue weighted by atomic mass is 35.5. The fourth-order valence-corrected chi connectivity index (χ4v) is 1.35. The SMILES string of the molecule is CC(C)(O)c1ccc(Cl)c(C(F)(F)F)c1. The Morgan fingerprint density at radius 3 is 2.13 bits per heavy atom. The lowest BCUT2D eigenvalue weighted by atomic mass is 9.96. The third kappa shape index (κ3) is 2.86. The maximum atomic E-state index is 12.5. The van der Waals surface area contributed by atoms with Gasteiger partial charge in [0.1, 0.15) is 0 Å². The summed E-state index contributed by atoms with van der Waals surface area (Å²) in [5.41, 5.74) is -2.06. The number of benzene rings is 1. The standard InChI is InChI=1S/C10H10ClF3O/c1-9(2,15)6-3-4-8(11)7(5-6)10(12,13)14/h3-5,15H,1-2H3. The van der Waals surface area contributed by atoms with Crippen LogP contribution in [0.5, 0.6) is 0 Å². The summed E-state index contributed by atoms with van der Waals surface area (Å²) >= 11 is 5.43. The Bertz CT molecular complexity index is 366. The molecule has 0 aliphatic carbocycles. The summed E-state index contributed by atoms with van der Waals surface area (Å²) in [4.78, 5) is 0. The molecule has 0 fully saturated rings. The summed E-state index contributed by atoms with van der Waals surface area (Å²) in [6, 6.07) is 3.37. The molecule has 0 atom stereocenters. The molecule has 15 heavy (non-hydrogen) atoms. The van der Waals surface area contributed by atoms with Crippen LogP contribution in [0, 0.1) is 0 Å². The van der Waals surface area contributed by atoms with Crippen molar-refractivity contribution in [2.75, 3.05) is 0 Å². The summed E-state index contributed by atoms with van der Waals surface area (Å²) in [5, 5.41) is 9.19. The second-order valence-electron chi connectivity index (χ2n) is 3.75. The van der Waals surface area contributed by atoms with Gasteiger partial charge in [-0.25, -0.2) is 0 Å². The zero-order valence-electron chi connectivity index (χ0n) is 8.19. The van der Waals surface area contributed by atoms with Gasteiger partial charge in [0.2, 0.25) is 0 Å². The van der Waals surface area contributed by atoms with E-state index in [0.29, 0.717) is 0 Å². The molecule has 0 aliphatic rings. The van der Waals surface area contributed by atoms with Gasteiger partial charge in [-0.05, 0) is 31.5 Å². The van der Waals surface area contributed by atoms with Crippen LogP contribution in [0.1, 0.15) is 25.0 Å². The molecular formula is C10H10ClF3O. The number of rotatable bonds is 1. The van der Waals surface area contributed by atoms with Crippen molar-refractivity contribution in [2.45, 2.75) is 25.6 Å². The minimum absolute atomic E-state index is 0.180. The van der Waals surface area contributed by atoms with Crippen molar-refractivity contribution in [1.82, 2.24) is 0 Å². The minimum Gasteiger partial charge on any atom is -0.386 e. The summed E-state index contributed by atoms with van der Waals surface area (Å²) in [6.45, 7) is 2.83. The molecule has 0 bridgehead atoms. The van der Waals surface area contributed by atoms with E-state index in [1.54, 1.807) is 0 Å². The van der Waals surface area contributed by atoms with Gasteiger partial charge in [-0.3, -0.25) is 0 Å². The number of aliphatic hydroxyl groups is 1. The first-order valence-electron chi connectivity index (χ1n) is 4.22. The van der Waals surface area contributed by atoms with Crippen LogP contribution in [0.3, 0.4) is 0 Å². The summed E-state index contributed by atoms with van der Waals surface area (Å²) in [7, 11) is 0. The average Bonchev–Trinajstić information content (AvgIpc) is 2.00. The zero-order chi connectivity index (χ0) is 11.9. The van der Waals surface area contributed by atoms with Crippen LogP contribution in [-0.4, -0.2) is 5.11 Å². The largest absolute Gasteiger partial charge is 0.417 e. The lowest BCUT2D eigenvalue weighted by Crippen LogP contribution is -2.17. The molecule has 0 saturated heterocycles. The molecule has 1 aromatic carbocycles. The Balaban J connectivity index is 3.30. The van der Waals surface area contributed by atoms with Crippen LogP contribution in [0.2, 0.25) is 5.02 Å². The molecule has 0 radical (unpaired) electrons. The topological polar surface area (TPSA) is 20.2 Å². The lowest BCUT2D eigenvalue weighted by molar-refractivity contribution is -0.137. The molecule has 1 rings (SSSR count). The van der Waals surface area contributed by atoms with Crippen LogP contribution < -0.4 is 0 Å². The maximum absolute atomic E-state index is 12.5. The van der Waals surface area contributed by atoms with Crippen molar-refractivity contribution in [3.63, 3.8) is 0 Å². The molecule has 1 N–H and O–H groups in total. The van der Waals surface area contributed by atoms with Crippen LogP contribution in [0.25, 0.3) is 0 Å². The van der Waals surface area contributed by atoms with Crippen LogP contribution >= 0.6 is 11.6 Å². The smallest absolute Gasteiger partial charge is 0.386 e. The van der Waals surface area contributed by atoms with Gasteiger partial charge >= 0.3 is 6.18 Å². The number of hydrogen-bond acceptors (Lipinski definition) is 1. The first-order valence-corrected chi connectivity index (χ1v) is 4.60. The van der Waals surface area contributed by atoms with E-state index >= 15 is 0 Å². The fourth-order valence-electron chi connectivity index (χ4n) is 1.12. The highest BCUT2D eigenvalue weighted by Crippen LogP contribution is 2.36. The first-order chi connectivity index (χ1) is 6.62. The van der Waals surface area contributed by atoms with Crippen molar-refractivity contribution >= 4 is 11.6 Å². The molecule has 0 unspecified atom stereocenters. The van der Waals surface area contributed by atoms with Gasteiger partial charge in [0, 0.05) is 0 Å². The maximum Gasteiger partial charge on any atom is 0.417 e. The molecule has 84 valence electrons. The van der Waals surface area contributed by atoms with Gasteiger partial charge in [0.05, 0.1) is 16.2 Å². The third-order valence-electron chi connectivity index (χ3n) is 1.98. The highest BCUT2D eigenvalue weighted by molar-refractivity contribution is 6.31. The highest BCUT2D eigenvalue weighted by Gasteiger charge is 2.34. The van der Waals surface area contributed by atoms with E-state index in [0.717, 1.165) is 12.1 Å². The van der Waals surface area contributed by atoms with E-state index < -0.39 is 17.3 Å². The van der Waals surface area contributed by atoms with E-state index in [1.165, 1.54) is 19.9 Å². The molecule has 0 spiro atoms. The Morgan fingerprint density at radius 1 is 1.20 bits per heavy atom.